The summed E-state index contributed by atoms with van der Waals surface area (Å²) in [5.74, 6) is 0.276. The fourth-order valence-electron chi connectivity index (χ4n) is 2.68. The summed E-state index contributed by atoms with van der Waals surface area (Å²) in [7, 11) is 1.48. The Bertz CT molecular complexity index is 1020. The molecule has 152 valence electrons. The number of halogens is 1. The molecule has 3 aromatic carbocycles. The zero-order chi connectivity index (χ0) is 21.2. The van der Waals surface area contributed by atoms with E-state index in [-0.39, 0.29) is 5.75 Å². The molecule has 5 nitrogen and oxygen atoms in total. The lowest BCUT2D eigenvalue weighted by Gasteiger charge is -2.08. The van der Waals surface area contributed by atoms with Crippen LogP contribution in [-0.4, -0.2) is 13.6 Å². The van der Waals surface area contributed by atoms with E-state index >= 15 is 0 Å². The van der Waals surface area contributed by atoms with Crippen molar-refractivity contribution < 1.29 is 28.1 Å². The molecule has 0 heterocycles. The Morgan fingerprint density at radius 1 is 0.700 bits per heavy atom. The van der Waals surface area contributed by atoms with Crippen LogP contribution in [0.5, 0.6) is 11.5 Å². The SMILES string of the molecule is CO/C=C\Oc1ccc(-c2ccc(-c3ccc(O/C=C\OC=O)cc3)cc2)cc1F. The highest BCUT2D eigenvalue weighted by Gasteiger charge is 2.06. The molecule has 0 atom stereocenters. The zero-order valence-electron chi connectivity index (χ0n) is 16.2. The van der Waals surface area contributed by atoms with Gasteiger partial charge in [0.25, 0.3) is 6.47 Å². The predicted octanol–water partition coefficient (Wildman–Crippen LogP) is 5.68. The third kappa shape index (κ3) is 5.48. The molecule has 0 aliphatic rings. The molecule has 0 saturated heterocycles. The van der Waals surface area contributed by atoms with Gasteiger partial charge in [0.15, 0.2) is 11.6 Å². The Morgan fingerprint density at radius 3 is 1.87 bits per heavy atom. The minimum atomic E-state index is -0.458. The van der Waals surface area contributed by atoms with Crippen LogP contribution in [0.25, 0.3) is 22.3 Å². The maximum atomic E-state index is 14.2. The lowest BCUT2D eigenvalue weighted by molar-refractivity contribution is -0.123. The highest BCUT2D eigenvalue weighted by molar-refractivity contribution is 5.71. The molecule has 0 bridgehead atoms. The van der Waals surface area contributed by atoms with Crippen LogP contribution in [0.15, 0.2) is 91.8 Å². The number of carbonyl (C=O) groups excluding carboxylic acids is 1. The fourth-order valence-corrected chi connectivity index (χ4v) is 2.68. The number of hydrogen-bond donors (Lipinski definition) is 0. The number of hydrogen-bond acceptors (Lipinski definition) is 5. The fraction of sp³-hybridized carbons (Fsp3) is 0.0417. The summed E-state index contributed by atoms with van der Waals surface area (Å²) in [5, 5.41) is 0. The van der Waals surface area contributed by atoms with Crippen LogP contribution in [0.3, 0.4) is 0 Å². The summed E-state index contributed by atoms with van der Waals surface area (Å²) in [6.45, 7) is 0.309. The van der Waals surface area contributed by atoms with Crippen LogP contribution in [0.2, 0.25) is 0 Å². The molecule has 0 saturated carbocycles. The Kier molecular flexibility index (Phi) is 7.22. The Labute approximate surface area is 173 Å². The van der Waals surface area contributed by atoms with Crippen molar-refractivity contribution >= 4 is 6.47 Å². The van der Waals surface area contributed by atoms with Crippen molar-refractivity contribution in [3.63, 3.8) is 0 Å². The minimum absolute atomic E-state index is 0.124. The Balaban J connectivity index is 1.69. The lowest BCUT2D eigenvalue weighted by atomic mass is 10.00. The molecule has 0 spiro atoms. The molecule has 3 aromatic rings. The number of carbonyl (C=O) groups is 1. The van der Waals surface area contributed by atoms with Gasteiger partial charge in [0.2, 0.25) is 0 Å². The van der Waals surface area contributed by atoms with Crippen LogP contribution in [0.1, 0.15) is 0 Å². The van der Waals surface area contributed by atoms with Gasteiger partial charge in [-0.15, -0.1) is 0 Å². The first-order valence-electron chi connectivity index (χ1n) is 8.97. The van der Waals surface area contributed by atoms with Crippen molar-refractivity contribution in [1.29, 1.82) is 0 Å². The van der Waals surface area contributed by atoms with E-state index in [1.165, 1.54) is 32.0 Å². The van der Waals surface area contributed by atoms with E-state index in [1.54, 1.807) is 24.3 Å². The molecular weight excluding hydrogens is 387 g/mol. The monoisotopic (exact) mass is 406 g/mol. The first kappa shape index (κ1) is 20.7. The third-order valence-electron chi connectivity index (χ3n) is 4.12. The molecular formula is C24H19FO5. The summed E-state index contributed by atoms with van der Waals surface area (Å²) >= 11 is 0. The highest BCUT2D eigenvalue weighted by Crippen LogP contribution is 2.29. The van der Waals surface area contributed by atoms with E-state index in [0.717, 1.165) is 28.5 Å². The lowest BCUT2D eigenvalue weighted by Crippen LogP contribution is -1.89. The summed E-state index contributed by atoms with van der Waals surface area (Å²) in [6.07, 6.45) is 5.03. The number of methoxy groups -OCH3 is 1. The average molecular weight is 406 g/mol. The van der Waals surface area contributed by atoms with Gasteiger partial charge in [-0.3, -0.25) is 4.79 Å². The van der Waals surface area contributed by atoms with Gasteiger partial charge in [-0.05, 0) is 46.5 Å². The van der Waals surface area contributed by atoms with Crippen molar-refractivity contribution in [2.24, 2.45) is 0 Å². The molecule has 30 heavy (non-hydrogen) atoms. The van der Waals surface area contributed by atoms with Gasteiger partial charge < -0.3 is 18.9 Å². The molecule has 0 fully saturated rings. The van der Waals surface area contributed by atoms with Crippen LogP contribution in [0, 0.1) is 5.82 Å². The average Bonchev–Trinajstić information content (AvgIpc) is 2.78. The zero-order valence-corrected chi connectivity index (χ0v) is 16.2. The van der Waals surface area contributed by atoms with Crippen molar-refractivity contribution in [2.45, 2.75) is 0 Å². The first-order chi connectivity index (χ1) is 14.7. The van der Waals surface area contributed by atoms with Crippen molar-refractivity contribution in [1.82, 2.24) is 0 Å². The molecule has 0 radical (unpaired) electrons. The van der Waals surface area contributed by atoms with Gasteiger partial charge in [0.05, 0.1) is 7.11 Å². The van der Waals surface area contributed by atoms with E-state index in [4.69, 9.17) is 14.2 Å². The molecule has 0 N–H and O–H groups in total. The van der Waals surface area contributed by atoms with E-state index in [1.807, 2.05) is 36.4 Å². The predicted molar refractivity (Wildman–Crippen MR) is 111 cm³/mol. The topological polar surface area (TPSA) is 54.0 Å². The molecule has 3 rings (SSSR count). The van der Waals surface area contributed by atoms with E-state index in [2.05, 4.69) is 4.74 Å². The second-order valence-corrected chi connectivity index (χ2v) is 5.99. The van der Waals surface area contributed by atoms with Gasteiger partial charge in [-0.2, -0.15) is 0 Å². The van der Waals surface area contributed by atoms with Crippen molar-refractivity contribution in [2.75, 3.05) is 7.11 Å². The minimum Gasteiger partial charge on any atom is -0.501 e. The molecule has 0 aliphatic carbocycles. The molecule has 0 aromatic heterocycles. The quantitative estimate of drug-likeness (QED) is 0.338. The van der Waals surface area contributed by atoms with Gasteiger partial charge in [0.1, 0.15) is 30.8 Å². The number of ether oxygens (including phenoxy) is 4. The third-order valence-corrected chi connectivity index (χ3v) is 4.12. The Morgan fingerprint density at radius 2 is 1.27 bits per heavy atom. The molecule has 0 unspecified atom stereocenters. The number of rotatable bonds is 9. The van der Waals surface area contributed by atoms with E-state index in [0.29, 0.717) is 12.2 Å². The van der Waals surface area contributed by atoms with Crippen LogP contribution in [0.4, 0.5) is 4.39 Å². The van der Waals surface area contributed by atoms with Gasteiger partial charge >= 0.3 is 0 Å². The highest BCUT2D eigenvalue weighted by atomic mass is 19.1. The standard InChI is InChI=1S/C24H19FO5/c1-27-12-14-30-24-11-8-21(16-23(24)25)20-4-2-18(3-5-20)19-6-9-22(10-7-19)29-15-13-28-17-26/h2-17H,1H3/b14-12-,15-13-. The van der Waals surface area contributed by atoms with Crippen molar-refractivity contribution in [3.05, 3.63) is 97.6 Å². The maximum absolute atomic E-state index is 14.2. The van der Waals surface area contributed by atoms with Crippen LogP contribution < -0.4 is 9.47 Å². The first-order valence-corrected chi connectivity index (χ1v) is 8.97. The van der Waals surface area contributed by atoms with Crippen LogP contribution in [-0.2, 0) is 14.3 Å². The Hall–Kier alpha value is -4.06. The molecule has 6 heteroatoms. The molecule has 0 aliphatic heterocycles. The van der Waals surface area contributed by atoms with E-state index in [9.17, 15) is 9.18 Å². The van der Waals surface area contributed by atoms with E-state index < -0.39 is 5.82 Å². The smallest absolute Gasteiger partial charge is 0.298 e. The summed E-state index contributed by atoms with van der Waals surface area (Å²) in [4.78, 5) is 10.1. The number of benzene rings is 3. The van der Waals surface area contributed by atoms with Gasteiger partial charge in [0, 0.05) is 0 Å². The normalized spacial score (nSPS) is 10.9. The summed E-state index contributed by atoms with van der Waals surface area (Å²) in [6, 6.07) is 20.0. The second-order valence-electron chi connectivity index (χ2n) is 5.99. The molecule has 0 amide bonds. The largest absolute Gasteiger partial charge is 0.501 e. The van der Waals surface area contributed by atoms with Gasteiger partial charge in [-0.1, -0.05) is 42.5 Å². The summed E-state index contributed by atoms with van der Waals surface area (Å²) in [5.41, 5.74) is 3.64. The van der Waals surface area contributed by atoms with Crippen molar-refractivity contribution in [3.8, 4) is 33.8 Å². The maximum Gasteiger partial charge on any atom is 0.298 e. The van der Waals surface area contributed by atoms with Gasteiger partial charge in [-0.25, -0.2) is 4.39 Å². The second kappa shape index (κ2) is 10.5. The van der Waals surface area contributed by atoms with Crippen LogP contribution >= 0.6 is 0 Å². The summed E-state index contributed by atoms with van der Waals surface area (Å²) < 4.78 is 33.8.